The van der Waals surface area contributed by atoms with Crippen LogP contribution >= 0.6 is 11.8 Å². The maximum atomic E-state index is 13.1. The molecular formula is C25H28N2O6S. The summed E-state index contributed by atoms with van der Waals surface area (Å²) in [5.41, 5.74) is 1.40. The number of piperidine rings is 1. The highest BCUT2D eigenvalue weighted by Gasteiger charge is 2.36. The van der Waals surface area contributed by atoms with Gasteiger partial charge in [0.25, 0.3) is 11.6 Å². The smallest absolute Gasteiger partial charge is 0.313 e. The van der Waals surface area contributed by atoms with Crippen LogP contribution in [0.2, 0.25) is 0 Å². The predicted molar refractivity (Wildman–Crippen MR) is 129 cm³/mol. The highest BCUT2D eigenvalue weighted by atomic mass is 32.2. The normalized spacial score (nSPS) is 18.0. The summed E-state index contributed by atoms with van der Waals surface area (Å²) in [7, 11) is 1.23. The molecule has 1 heterocycles. The van der Waals surface area contributed by atoms with Gasteiger partial charge in [-0.15, -0.1) is 0 Å². The molecule has 180 valence electrons. The molecule has 0 spiro atoms. The molecule has 3 rings (SSSR count). The van der Waals surface area contributed by atoms with Crippen molar-refractivity contribution in [1.82, 2.24) is 4.90 Å². The van der Waals surface area contributed by atoms with Gasteiger partial charge in [-0.1, -0.05) is 56.5 Å². The number of rotatable bonds is 7. The number of nitrogens with zero attached hydrogens (tertiary/aromatic N) is 2. The summed E-state index contributed by atoms with van der Waals surface area (Å²) < 4.78 is 4.72. The summed E-state index contributed by atoms with van der Waals surface area (Å²) >= 11 is 1.31. The number of esters is 1. The van der Waals surface area contributed by atoms with Crippen molar-refractivity contribution in [2.75, 3.05) is 20.2 Å². The lowest BCUT2D eigenvalue weighted by molar-refractivity contribution is -0.387. The first kappa shape index (κ1) is 25.5. The molecule has 0 aromatic heterocycles. The average molecular weight is 485 g/mol. The molecule has 0 bridgehead atoms. The zero-order valence-corrected chi connectivity index (χ0v) is 20.2. The van der Waals surface area contributed by atoms with Crippen molar-refractivity contribution in [3.05, 3.63) is 70.3 Å². The Labute approximate surface area is 202 Å². The lowest BCUT2D eigenvalue weighted by atomic mass is 9.93. The molecular weight excluding hydrogens is 456 g/mol. The molecule has 9 heteroatoms. The number of hydrogen-bond acceptors (Lipinski definition) is 7. The lowest BCUT2D eigenvalue weighted by Crippen LogP contribution is -2.49. The van der Waals surface area contributed by atoms with Crippen LogP contribution < -0.4 is 0 Å². The largest absolute Gasteiger partial charge is 0.469 e. The number of hydrogen-bond donors (Lipinski definition) is 1. The van der Waals surface area contributed by atoms with Crippen LogP contribution in [-0.2, 0) is 14.3 Å². The second-order valence-electron chi connectivity index (χ2n) is 8.45. The third-order valence-electron chi connectivity index (χ3n) is 5.89. The molecule has 2 unspecified atom stereocenters. The number of aliphatic hydroxyl groups is 1. The second kappa shape index (κ2) is 10.8. The summed E-state index contributed by atoms with van der Waals surface area (Å²) in [4.78, 5) is 39.2. The van der Waals surface area contributed by atoms with Crippen molar-refractivity contribution in [3.63, 3.8) is 0 Å². The first-order chi connectivity index (χ1) is 16.1. The topological polar surface area (TPSA) is 110 Å². The summed E-state index contributed by atoms with van der Waals surface area (Å²) in [6, 6.07) is 12.4. The molecule has 8 nitrogen and oxygen atoms in total. The molecule has 1 aliphatic rings. The number of nitro groups is 1. The Hall–Kier alpha value is -3.17. The number of carbonyl (C=O) groups excluding carboxylic acids is 2. The van der Waals surface area contributed by atoms with Gasteiger partial charge in [-0.3, -0.25) is 19.7 Å². The Morgan fingerprint density at radius 2 is 1.94 bits per heavy atom. The average Bonchev–Trinajstić information content (AvgIpc) is 2.83. The van der Waals surface area contributed by atoms with E-state index in [-0.39, 0.29) is 36.7 Å². The molecule has 34 heavy (non-hydrogen) atoms. The van der Waals surface area contributed by atoms with Crippen LogP contribution in [0.3, 0.4) is 0 Å². The monoisotopic (exact) mass is 484 g/mol. The summed E-state index contributed by atoms with van der Waals surface area (Å²) in [6.07, 6.45) is -0.667. The highest BCUT2D eigenvalue weighted by Crippen LogP contribution is 2.39. The zero-order chi connectivity index (χ0) is 25.0. The zero-order valence-electron chi connectivity index (χ0n) is 19.4. The molecule has 1 aliphatic heterocycles. The number of nitro benzene ring substituents is 1. The van der Waals surface area contributed by atoms with Gasteiger partial charge in [0.05, 0.1) is 23.0 Å². The van der Waals surface area contributed by atoms with Crippen LogP contribution in [0.5, 0.6) is 0 Å². The van der Waals surface area contributed by atoms with E-state index in [1.807, 2.05) is 24.3 Å². The molecule has 2 aromatic carbocycles. The predicted octanol–water partition coefficient (Wildman–Crippen LogP) is 4.27. The van der Waals surface area contributed by atoms with Crippen molar-refractivity contribution in [2.24, 2.45) is 5.92 Å². The summed E-state index contributed by atoms with van der Waals surface area (Å²) in [6.45, 7) is 8.23. The minimum atomic E-state index is -0.893. The molecule has 1 fully saturated rings. The lowest BCUT2D eigenvalue weighted by Gasteiger charge is -2.35. The van der Waals surface area contributed by atoms with Crippen molar-refractivity contribution in [2.45, 2.75) is 42.1 Å². The third kappa shape index (κ3) is 5.48. The molecule has 0 saturated carbocycles. The Morgan fingerprint density at radius 1 is 1.24 bits per heavy atom. The Morgan fingerprint density at radius 3 is 2.59 bits per heavy atom. The van der Waals surface area contributed by atoms with Crippen LogP contribution in [0.25, 0.3) is 5.57 Å². The summed E-state index contributed by atoms with van der Waals surface area (Å²) in [5.74, 6) is -1.61. The van der Waals surface area contributed by atoms with Gasteiger partial charge in [0, 0.05) is 29.6 Å². The standard InChI is InChI=1S/C25H28N2O6S/c1-15(2)18-7-5-6-8-22(18)34-23-10-9-17(13-20(23)27(31)32)16(3)24(29)26-12-11-21(28)19(14-26)25(30)33-4/h5-10,13,15,19,21,28H,3,11-12,14H2,1-2,4H3. The van der Waals surface area contributed by atoms with Crippen LogP contribution in [0, 0.1) is 16.0 Å². The molecule has 2 atom stereocenters. The van der Waals surface area contributed by atoms with Crippen molar-refractivity contribution >= 4 is 34.9 Å². The minimum absolute atomic E-state index is 0.00624. The van der Waals surface area contributed by atoms with Gasteiger partial charge in [-0.05, 0) is 35.6 Å². The maximum Gasteiger partial charge on any atom is 0.313 e. The Bertz CT molecular complexity index is 1120. The van der Waals surface area contributed by atoms with Gasteiger partial charge in [-0.2, -0.15) is 0 Å². The molecule has 1 N–H and O–H groups in total. The van der Waals surface area contributed by atoms with Gasteiger partial charge in [0.1, 0.15) is 5.92 Å². The number of likely N-dealkylation sites (tertiary alicyclic amines) is 1. The number of ether oxygens (including phenoxy) is 1. The van der Waals surface area contributed by atoms with E-state index in [1.165, 1.54) is 29.8 Å². The van der Waals surface area contributed by atoms with E-state index >= 15 is 0 Å². The Kier molecular flexibility index (Phi) is 8.11. The third-order valence-corrected chi connectivity index (χ3v) is 7.05. The van der Waals surface area contributed by atoms with Gasteiger partial charge < -0.3 is 14.7 Å². The number of carbonyl (C=O) groups is 2. The van der Waals surface area contributed by atoms with E-state index in [2.05, 4.69) is 20.4 Å². The van der Waals surface area contributed by atoms with Crippen molar-refractivity contribution < 1.29 is 24.4 Å². The number of aliphatic hydroxyl groups excluding tert-OH is 1. The molecule has 0 aliphatic carbocycles. The van der Waals surface area contributed by atoms with Crippen molar-refractivity contribution in [3.8, 4) is 0 Å². The van der Waals surface area contributed by atoms with Gasteiger partial charge in [0.15, 0.2) is 0 Å². The first-order valence-corrected chi connectivity index (χ1v) is 11.7. The molecule has 0 radical (unpaired) electrons. The van der Waals surface area contributed by atoms with Crippen LogP contribution in [-0.4, -0.2) is 53.1 Å². The van der Waals surface area contributed by atoms with E-state index in [0.29, 0.717) is 10.5 Å². The van der Waals surface area contributed by atoms with Crippen LogP contribution in [0.1, 0.15) is 37.3 Å². The molecule has 1 saturated heterocycles. The number of amides is 1. The van der Waals surface area contributed by atoms with E-state index in [9.17, 15) is 24.8 Å². The maximum absolute atomic E-state index is 13.1. The first-order valence-electron chi connectivity index (χ1n) is 10.9. The summed E-state index contributed by atoms with van der Waals surface area (Å²) in [5, 5.41) is 21.9. The SMILES string of the molecule is C=C(C(=O)N1CCC(O)C(C(=O)OC)C1)c1ccc(Sc2ccccc2C(C)C)c([N+](=O)[O-])c1. The van der Waals surface area contributed by atoms with Crippen LogP contribution in [0.4, 0.5) is 5.69 Å². The Balaban J connectivity index is 1.85. The van der Waals surface area contributed by atoms with E-state index < -0.39 is 28.8 Å². The second-order valence-corrected chi connectivity index (χ2v) is 9.53. The van der Waals surface area contributed by atoms with E-state index in [4.69, 9.17) is 4.74 Å². The highest BCUT2D eigenvalue weighted by molar-refractivity contribution is 7.99. The molecule has 1 amide bonds. The van der Waals surface area contributed by atoms with Gasteiger partial charge in [0.2, 0.25) is 0 Å². The van der Waals surface area contributed by atoms with Crippen LogP contribution in [0.15, 0.2) is 58.8 Å². The van der Waals surface area contributed by atoms with E-state index in [1.54, 1.807) is 12.1 Å². The molecule has 2 aromatic rings. The fourth-order valence-corrected chi connectivity index (χ4v) is 5.10. The van der Waals surface area contributed by atoms with E-state index in [0.717, 1.165) is 10.5 Å². The van der Waals surface area contributed by atoms with Crippen molar-refractivity contribution in [1.29, 1.82) is 0 Å². The number of methoxy groups -OCH3 is 1. The quantitative estimate of drug-likeness (QED) is 0.270. The minimum Gasteiger partial charge on any atom is -0.469 e. The fourth-order valence-electron chi connectivity index (χ4n) is 3.92. The number of benzene rings is 2. The fraction of sp³-hybridized carbons (Fsp3) is 0.360. The van der Waals surface area contributed by atoms with Gasteiger partial charge in [-0.25, -0.2) is 0 Å². The van der Waals surface area contributed by atoms with Gasteiger partial charge >= 0.3 is 5.97 Å².